The average molecular weight is 251 g/mol. The molecular formula is C14H18FNO2. The number of carbonyl (C=O) groups is 1. The van der Waals surface area contributed by atoms with Crippen LogP contribution in [0.25, 0.3) is 0 Å². The van der Waals surface area contributed by atoms with Crippen LogP contribution in [0.15, 0.2) is 24.3 Å². The predicted octanol–water partition coefficient (Wildman–Crippen LogP) is 3.11. The van der Waals surface area contributed by atoms with E-state index in [1.54, 1.807) is 25.1 Å². The molecule has 0 saturated heterocycles. The van der Waals surface area contributed by atoms with E-state index in [1.807, 2.05) is 0 Å². The highest BCUT2D eigenvalue weighted by Crippen LogP contribution is 2.35. The number of carbonyl (C=O) groups excluding carboxylic acids is 1. The molecular weight excluding hydrogens is 233 g/mol. The minimum atomic E-state index is -0.752. The van der Waals surface area contributed by atoms with Crippen LogP contribution in [0.2, 0.25) is 0 Å². The Hall–Kier alpha value is -1.58. The number of halogens is 1. The van der Waals surface area contributed by atoms with E-state index in [2.05, 4.69) is 5.32 Å². The molecule has 0 heterocycles. The monoisotopic (exact) mass is 251 g/mol. The lowest BCUT2D eigenvalue weighted by Gasteiger charge is -2.29. The molecule has 1 fully saturated rings. The second kappa shape index (κ2) is 5.38. The third kappa shape index (κ3) is 2.47. The summed E-state index contributed by atoms with van der Waals surface area (Å²) in [4.78, 5) is 12.1. The molecule has 98 valence electrons. The summed E-state index contributed by atoms with van der Waals surface area (Å²) in [7, 11) is 0. The van der Waals surface area contributed by atoms with Gasteiger partial charge < -0.3 is 10.1 Å². The molecule has 0 atom stereocenters. The minimum Gasteiger partial charge on any atom is -0.464 e. The summed E-state index contributed by atoms with van der Waals surface area (Å²) in [5, 5.41) is 3.06. The van der Waals surface area contributed by atoms with Gasteiger partial charge in [-0.1, -0.05) is 25.0 Å². The van der Waals surface area contributed by atoms with Gasteiger partial charge in [0.2, 0.25) is 0 Å². The third-order valence-corrected chi connectivity index (χ3v) is 3.37. The topological polar surface area (TPSA) is 38.3 Å². The Bertz CT molecular complexity index is 428. The summed E-state index contributed by atoms with van der Waals surface area (Å²) in [6.07, 6.45) is 3.31. The SMILES string of the molecule is CCOC(=O)C1(Nc2ccccc2F)CCCC1. The molecule has 1 aromatic carbocycles. The molecule has 4 heteroatoms. The molecule has 0 aromatic heterocycles. The first-order valence-corrected chi connectivity index (χ1v) is 6.38. The van der Waals surface area contributed by atoms with Crippen LogP contribution in [0.1, 0.15) is 32.6 Å². The Morgan fingerprint density at radius 2 is 2.06 bits per heavy atom. The molecule has 1 aliphatic carbocycles. The number of nitrogens with one attached hydrogen (secondary N) is 1. The second-order valence-electron chi connectivity index (χ2n) is 4.61. The molecule has 1 aliphatic rings. The first kappa shape index (κ1) is 12.9. The zero-order valence-corrected chi connectivity index (χ0v) is 10.5. The quantitative estimate of drug-likeness (QED) is 0.836. The maximum Gasteiger partial charge on any atom is 0.331 e. The van der Waals surface area contributed by atoms with Gasteiger partial charge in [-0.25, -0.2) is 9.18 Å². The van der Waals surface area contributed by atoms with Crippen molar-refractivity contribution in [2.45, 2.75) is 38.1 Å². The van der Waals surface area contributed by atoms with Crippen molar-refractivity contribution in [1.82, 2.24) is 0 Å². The predicted molar refractivity (Wildman–Crippen MR) is 67.9 cm³/mol. The number of ether oxygens (including phenoxy) is 1. The Kier molecular flexibility index (Phi) is 3.84. The van der Waals surface area contributed by atoms with Crippen molar-refractivity contribution in [3.63, 3.8) is 0 Å². The number of rotatable bonds is 4. The number of benzene rings is 1. The molecule has 0 radical (unpaired) electrons. The van der Waals surface area contributed by atoms with Crippen LogP contribution in [-0.4, -0.2) is 18.1 Å². The molecule has 18 heavy (non-hydrogen) atoms. The molecule has 2 rings (SSSR count). The fraction of sp³-hybridized carbons (Fsp3) is 0.500. The van der Waals surface area contributed by atoms with Gasteiger partial charge in [-0.05, 0) is 31.9 Å². The van der Waals surface area contributed by atoms with E-state index in [0.29, 0.717) is 25.1 Å². The standard InChI is InChI=1S/C14H18FNO2/c1-2-18-13(17)14(9-5-6-10-14)16-12-8-4-3-7-11(12)15/h3-4,7-8,16H,2,5-6,9-10H2,1H3. The molecule has 1 aromatic rings. The van der Waals surface area contributed by atoms with Gasteiger partial charge in [0, 0.05) is 0 Å². The van der Waals surface area contributed by atoms with E-state index in [9.17, 15) is 9.18 Å². The minimum absolute atomic E-state index is 0.272. The maximum absolute atomic E-state index is 13.6. The van der Waals surface area contributed by atoms with E-state index in [0.717, 1.165) is 12.8 Å². The van der Waals surface area contributed by atoms with Gasteiger partial charge in [-0.3, -0.25) is 0 Å². The van der Waals surface area contributed by atoms with Crippen molar-refractivity contribution in [3.8, 4) is 0 Å². The number of hydrogen-bond acceptors (Lipinski definition) is 3. The van der Waals surface area contributed by atoms with Gasteiger partial charge in [0.25, 0.3) is 0 Å². The van der Waals surface area contributed by atoms with Gasteiger partial charge in [0.05, 0.1) is 12.3 Å². The lowest BCUT2D eigenvalue weighted by atomic mass is 9.97. The van der Waals surface area contributed by atoms with E-state index in [-0.39, 0.29) is 11.8 Å². The normalized spacial score (nSPS) is 17.4. The van der Waals surface area contributed by atoms with Crippen molar-refractivity contribution in [2.75, 3.05) is 11.9 Å². The molecule has 0 unspecified atom stereocenters. The maximum atomic E-state index is 13.6. The average Bonchev–Trinajstić information content (AvgIpc) is 2.82. The van der Waals surface area contributed by atoms with Gasteiger partial charge in [0.15, 0.2) is 0 Å². The number of anilines is 1. The van der Waals surface area contributed by atoms with E-state index in [4.69, 9.17) is 4.74 Å². The zero-order chi connectivity index (χ0) is 13.0. The number of hydrogen-bond donors (Lipinski definition) is 1. The summed E-state index contributed by atoms with van der Waals surface area (Å²) >= 11 is 0. The van der Waals surface area contributed by atoms with E-state index in [1.165, 1.54) is 6.07 Å². The lowest BCUT2D eigenvalue weighted by Crippen LogP contribution is -2.45. The highest BCUT2D eigenvalue weighted by molar-refractivity contribution is 5.85. The van der Waals surface area contributed by atoms with Crippen LogP contribution < -0.4 is 5.32 Å². The van der Waals surface area contributed by atoms with Gasteiger partial charge in [-0.2, -0.15) is 0 Å². The smallest absolute Gasteiger partial charge is 0.331 e. The largest absolute Gasteiger partial charge is 0.464 e. The van der Waals surface area contributed by atoms with Crippen molar-refractivity contribution in [2.24, 2.45) is 0 Å². The van der Waals surface area contributed by atoms with Crippen LogP contribution in [0.5, 0.6) is 0 Å². The summed E-state index contributed by atoms with van der Waals surface area (Å²) in [6.45, 7) is 2.13. The number of para-hydroxylation sites is 1. The molecule has 0 amide bonds. The Morgan fingerprint density at radius 1 is 1.39 bits per heavy atom. The molecule has 0 spiro atoms. The van der Waals surface area contributed by atoms with Crippen LogP contribution >= 0.6 is 0 Å². The fourth-order valence-corrected chi connectivity index (χ4v) is 2.45. The summed E-state index contributed by atoms with van der Waals surface area (Å²) in [5.41, 5.74) is -0.384. The van der Waals surface area contributed by atoms with E-state index >= 15 is 0 Å². The Morgan fingerprint density at radius 3 is 2.67 bits per heavy atom. The second-order valence-corrected chi connectivity index (χ2v) is 4.61. The van der Waals surface area contributed by atoms with Gasteiger partial charge in [0.1, 0.15) is 11.4 Å². The van der Waals surface area contributed by atoms with E-state index < -0.39 is 5.54 Å². The molecule has 0 bridgehead atoms. The summed E-state index contributed by atoms with van der Waals surface area (Å²) in [5.74, 6) is -0.612. The molecule has 3 nitrogen and oxygen atoms in total. The molecule has 1 N–H and O–H groups in total. The van der Waals surface area contributed by atoms with Crippen LogP contribution in [0.4, 0.5) is 10.1 Å². The first-order valence-electron chi connectivity index (χ1n) is 6.38. The van der Waals surface area contributed by atoms with Crippen molar-refractivity contribution in [1.29, 1.82) is 0 Å². The molecule has 1 saturated carbocycles. The fourth-order valence-electron chi connectivity index (χ4n) is 2.45. The Labute approximate surface area is 106 Å². The number of esters is 1. The van der Waals surface area contributed by atoms with Gasteiger partial charge >= 0.3 is 5.97 Å². The van der Waals surface area contributed by atoms with Gasteiger partial charge in [-0.15, -0.1) is 0 Å². The highest BCUT2D eigenvalue weighted by Gasteiger charge is 2.42. The zero-order valence-electron chi connectivity index (χ0n) is 10.5. The van der Waals surface area contributed by atoms with Crippen LogP contribution in [0.3, 0.4) is 0 Å². The van der Waals surface area contributed by atoms with Crippen LogP contribution in [-0.2, 0) is 9.53 Å². The summed E-state index contributed by atoms with van der Waals surface area (Å²) in [6, 6.07) is 6.41. The van der Waals surface area contributed by atoms with Crippen LogP contribution in [0, 0.1) is 5.82 Å². The first-order chi connectivity index (χ1) is 8.68. The highest BCUT2D eigenvalue weighted by atomic mass is 19.1. The van der Waals surface area contributed by atoms with Crippen molar-refractivity contribution >= 4 is 11.7 Å². The molecule has 0 aliphatic heterocycles. The Balaban J connectivity index is 2.21. The third-order valence-electron chi connectivity index (χ3n) is 3.37. The van der Waals surface area contributed by atoms with Crippen molar-refractivity contribution in [3.05, 3.63) is 30.1 Å². The summed E-state index contributed by atoms with van der Waals surface area (Å²) < 4.78 is 18.8. The lowest BCUT2D eigenvalue weighted by molar-refractivity contribution is -0.148. The van der Waals surface area contributed by atoms with Crippen molar-refractivity contribution < 1.29 is 13.9 Å².